The highest BCUT2D eigenvalue weighted by Gasteiger charge is 2.05. The Morgan fingerprint density at radius 1 is 0.955 bits per heavy atom. The smallest absolute Gasteiger partial charge is 0.227 e. The fraction of sp³-hybridized carbons (Fsp3) is 0.444. The number of anilines is 2. The van der Waals surface area contributed by atoms with E-state index in [0.29, 0.717) is 5.95 Å². The molecule has 1 aromatic carbocycles. The Bertz CT molecular complexity index is 602. The molecular weight excluding hydrogens is 272 g/mol. The van der Waals surface area contributed by atoms with Gasteiger partial charge < -0.3 is 10.6 Å². The summed E-state index contributed by atoms with van der Waals surface area (Å²) < 4.78 is 0. The molecule has 0 atom stereocenters. The summed E-state index contributed by atoms with van der Waals surface area (Å²) >= 11 is 0. The topological polar surface area (TPSA) is 49.8 Å². The van der Waals surface area contributed by atoms with Crippen molar-refractivity contribution in [3.63, 3.8) is 0 Å². The maximum atomic E-state index is 4.44. The fourth-order valence-electron chi connectivity index (χ4n) is 2.52. The summed E-state index contributed by atoms with van der Waals surface area (Å²) in [6.45, 7) is 10.3. The predicted octanol–water partition coefficient (Wildman–Crippen LogP) is 3.90. The van der Waals surface area contributed by atoms with Gasteiger partial charge in [0.05, 0.1) is 0 Å². The van der Waals surface area contributed by atoms with Gasteiger partial charge in [0.2, 0.25) is 5.95 Å². The quantitative estimate of drug-likeness (QED) is 0.761. The Labute approximate surface area is 133 Å². The van der Waals surface area contributed by atoms with Gasteiger partial charge in [-0.05, 0) is 62.6 Å². The van der Waals surface area contributed by atoms with E-state index in [4.69, 9.17) is 0 Å². The number of aromatic nitrogens is 2. The molecule has 4 nitrogen and oxygen atoms in total. The first-order valence-electron chi connectivity index (χ1n) is 8.04. The second kappa shape index (κ2) is 7.90. The van der Waals surface area contributed by atoms with E-state index in [1.165, 1.54) is 11.1 Å². The lowest BCUT2D eigenvalue weighted by Gasteiger charge is -2.13. The molecule has 0 radical (unpaired) electrons. The van der Waals surface area contributed by atoms with E-state index in [1.54, 1.807) is 0 Å². The Morgan fingerprint density at radius 2 is 1.68 bits per heavy atom. The molecule has 1 aromatic heterocycles. The van der Waals surface area contributed by atoms with Crippen molar-refractivity contribution in [3.8, 4) is 0 Å². The molecule has 0 aliphatic heterocycles. The monoisotopic (exact) mass is 298 g/mol. The predicted molar refractivity (Wildman–Crippen MR) is 92.6 cm³/mol. The molecule has 0 saturated heterocycles. The largest absolute Gasteiger partial charge is 0.324 e. The van der Waals surface area contributed by atoms with E-state index in [2.05, 4.69) is 52.6 Å². The summed E-state index contributed by atoms with van der Waals surface area (Å²) in [6, 6.07) is 8.46. The van der Waals surface area contributed by atoms with E-state index < -0.39 is 0 Å². The minimum absolute atomic E-state index is 0.661. The molecule has 2 rings (SSSR count). The normalized spacial score (nSPS) is 10.7. The van der Waals surface area contributed by atoms with Crippen LogP contribution in [0.2, 0.25) is 0 Å². The Hall–Kier alpha value is -1.94. The SMILES string of the molecule is CCCNCc1cc(Nc2nc(C)cc(C)n2)ccc1CC. The molecule has 0 spiro atoms. The van der Waals surface area contributed by atoms with Crippen LogP contribution < -0.4 is 10.6 Å². The van der Waals surface area contributed by atoms with Gasteiger partial charge >= 0.3 is 0 Å². The maximum Gasteiger partial charge on any atom is 0.227 e. The average molecular weight is 298 g/mol. The summed E-state index contributed by atoms with van der Waals surface area (Å²) in [6.07, 6.45) is 2.19. The average Bonchev–Trinajstić information content (AvgIpc) is 2.47. The first kappa shape index (κ1) is 16.4. The molecule has 1 heterocycles. The van der Waals surface area contributed by atoms with Crippen LogP contribution in [0, 0.1) is 13.8 Å². The lowest BCUT2D eigenvalue weighted by Crippen LogP contribution is -2.15. The molecule has 2 N–H and O–H groups in total. The molecule has 0 aliphatic carbocycles. The third-order valence-corrected chi connectivity index (χ3v) is 3.57. The molecule has 2 aromatic rings. The number of benzene rings is 1. The zero-order chi connectivity index (χ0) is 15.9. The molecule has 4 heteroatoms. The van der Waals surface area contributed by atoms with Gasteiger partial charge in [-0.2, -0.15) is 0 Å². The first-order chi connectivity index (χ1) is 10.6. The fourth-order valence-corrected chi connectivity index (χ4v) is 2.52. The summed E-state index contributed by atoms with van der Waals surface area (Å²) in [5.41, 5.74) is 5.71. The van der Waals surface area contributed by atoms with Crippen LogP contribution in [0.25, 0.3) is 0 Å². The van der Waals surface area contributed by atoms with Crippen molar-refractivity contribution in [2.24, 2.45) is 0 Å². The summed E-state index contributed by atoms with van der Waals surface area (Å²) in [7, 11) is 0. The van der Waals surface area contributed by atoms with Crippen molar-refractivity contribution in [1.82, 2.24) is 15.3 Å². The molecule has 0 amide bonds. The molecule has 0 unspecified atom stereocenters. The van der Waals surface area contributed by atoms with Crippen LogP contribution in [0.4, 0.5) is 11.6 Å². The van der Waals surface area contributed by atoms with Crippen molar-refractivity contribution >= 4 is 11.6 Å². The minimum Gasteiger partial charge on any atom is -0.324 e. The van der Waals surface area contributed by atoms with Gasteiger partial charge in [0, 0.05) is 23.6 Å². The zero-order valence-corrected chi connectivity index (χ0v) is 14.0. The molecular formula is C18H26N4. The summed E-state index contributed by atoms with van der Waals surface area (Å²) in [4.78, 5) is 8.88. The van der Waals surface area contributed by atoms with Gasteiger partial charge in [-0.1, -0.05) is 19.9 Å². The third-order valence-electron chi connectivity index (χ3n) is 3.57. The van der Waals surface area contributed by atoms with Crippen LogP contribution in [0.5, 0.6) is 0 Å². The number of nitrogens with zero attached hydrogens (tertiary/aromatic N) is 2. The van der Waals surface area contributed by atoms with Gasteiger partial charge in [-0.25, -0.2) is 9.97 Å². The van der Waals surface area contributed by atoms with E-state index >= 15 is 0 Å². The lowest BCUT2D eigenvalue weighted by molar-refractivity contribution is 0.671. The van der Waals surface area contributed by atoms with E-state index in [0.717, 1.165) is 43.0 Å². The van der Waals surface area contributed by atoms with Crippen LogP contribution in [0.15, 0.2) is 24.3 Å². The van der Waals surface area contributed by atoms with Gasteiger partial charge in [0.25, 0.3) is 0 Å². The van der Waals surface area contributed by atoms with Crippen molar-refractivity contribution in [2.75, 3.05) is 11.9 Å². The molecule has 118 valence electrons. The Kier molecular flexibility index (Phi) is 5.90. The first-order valence-corrected chi connectivity index (χ1v) is 8.04. The number of hydrogen-bond acceptors (Lipinski definition) is 4. The van der Waals surface area contributed by atoms with Crippen molar-refractivity contribution in [2.45, 2.75) is 47.1 Å². The minimum atomic E-state index is 0.661. The number of hydrogen-bond donors (Lipinski definition) is 2. The van der Waals surface area contributed by atoms with Crippen molar-refractivity contribution in [3.05, 3.63) is 46.8 Å². The molecule has 0 fully saturated rings. The molecule has 0 saturated carbocycles. The highest BCUT2D eigenvalue weighted by Crippen LogP contribution is 2.19. The van der Waals surface area contributed by atoms with Gasteiger partial charge in [-0.3, -0.25) is 0 Å². The van der Waals surface area contributed by atoms with Gasteiger partial charge in [-0.15, -0.1) is 0 Å². The maximum absolute atomic E-state index is 4.44. The summed E-state index contributed by atoms with van der Waals surface area (Å²) in [5.74, 6) is 0.661. The summed E-state index contributed by atoms with van der Waals surface area (Å²) in [5, 5.41) is 6.79. The van der Waals surface area contributed by atoms with Gasteiger partial charge in [0.1, 0.15) is 0 Å². The molecule has 0 aliphatic rings. The number of nitrogens with one attached hydrogen (secondary N) is 2. The highest BCUT2D eigenvalue weighted by atomic mass is 15.1. The third kappa shape index (κ3) is 4.53. The van der Waals surface area contributed by atoms with Gasteiger partial charge in [0.15, 0.2) is 0 Å². The van der Waals surface area contributed by atoms with Crippen LogP contribution in [0.3, 0.4) is 0 Å². The second-order valence-electron chi connectivity index (χ2n) is 5.61. The molecule has 0 bridgehead atoms. The number of aryl methyl sites for hydroxylation is 3. The van der Waals surface area contributed by atoms with Crippen LogP contribution in [-0.2, 0) is 13.0 Å². The number of rotatable bonds is 7. The zero-order valence-electron chi connectivity index (χ0n) is 14.0. The Morgan fingerprint density at radius 3 is 2.32 bits per heavy atom. The van der Waals surface area contributed by atoms with Crippen LogP contribution in [0.1, 0.15) is 42.8 Å². The van der Waals surface area contributed by atoms with E-state index in [1.807, 2.05) is 19.9 Å². The van der Waals surface area contributed by atoms with Crippen molar-refractivity contribution < 1.29 is 0 Å². The Balaban J connectivity index is 2.18. The van der Waals surface area contributed by atoms with Crippen LogP contribution >= 0.6 is 0 Å². The van der Waals surface area contributed by atoms with Crippen LogP contribution in [-0.4, -0.2) is 16.5 Å². The highest BCUT2D eigenvalue weighted by molar-refractivity contribution is 5.56. The second-order valence-corrected chi connectivity index (χ2v) is 5.61. The van der Waals surface area contributed by atoms with Crippen molar-refractivity contribution in [1.29, 1.82) is 0 Å². The molecule has 22 heavy (non-hydrogen) atoms. The van der Waals surface area contributed by atoms with E-state index in [9.17, 15) is 0 Å². The standard InChI is InChI=1S/C18H26N4/c1-5-9-19-12-16-11-17(8-7-15(16)6-2)22-18-20-13(3)10-14(4)21-18/h7-8,10-11,19H,5-6,9,12H2,1-4H3,(H,20,21,22). The lowest BCUT2D eigenvalue weighted by atomic mass is 10.0. The van der Waals surface area contributed by atoms with E-state index in [-0.39, 0.29) is 0 Å².